The Kier molecular flexibility index (Phi) is 4.60. The normalized spacial score (nSPS) is 15.8. The van der Waals surface area contributed by atoms with Gasteiger partial charge in [0.15, 0.2) is 0 Å². The van der Waals surface area contributed by atoms with Crippen LogP contribution in [0.15, 0.2) is 6.07 Å². The minimum Gasteiger partial charge on any atom is -0.478 e. The van der Waals surface area contributed by atoms with Gasteiger partial charge in [-0.05, 0) is 43.2 Å². The molecule has 1 aromatic heterocycles. The summed E-state index contributed by atoms with van der Waals surface area (Å²) in [7, 11) is 0. The van der Waals surface area contributed by atoms with Gasteiger partial charge < -0.3 is 15.5 Å². The number of hydrogen-bond acceptors (Lipinski definition) is 4. The zero-order valence-corrected chi connectivity index (χ0v) is 12.0. The SMILES string of the molecule is CC(C)[C@@H](CO)Nc1nc2c(cc1C(=O)O)CCCC2. The van der Waals surface area contributed by atoms with E-state index in [9.17, 15) is 15.0 Å². The van der Waals surface area contributed by atoms with Crippen LogP contribution >= 0.6 is 0 Å². The van der Waals surface area contributed by atoms with Gasteiger partial charge in [0, 0.05) is 5.69 Å². The van der Waals surface area contributed by atoms with Gasteiger partial charge in [-0.1, -0.05) is 13.8 Å². The molecule has 0 saturated heterocycles. The van der Waals surface area contributed by atoms with Crippen molar-refractivity contribution in [2.45, 2.75) is 45.6 Å². The number of aliphatic hydroxyl groups is 1. The Balaban J connectivity index is 2.37. The number of nitrogens with one attached hydrogen (secondary N) is 1. The van der Waals surface area contributed by atoms with Gasteiger partial charge in [-0.25, -0.2) is 9.78 Å². The van der Waals surface area contributed by atoms with Crippen LogP contribution in [0.1, 0.15) is 48.3 Å². The van der Waals surface area contributed by atoms with Crippen LogP contribution in [0.5, 0.6) is 0 Å². The fourth-order valence-electron chi connectivity index (χ4n) is 2.51. The van der Waals surface area contributed by atoms with E-state index in [1.807, 2.05) is 13.8 Å². The number of fused-ring (bicyclic) bond motifs is 1. The first-order valence-electron chi connectivity index (χ1n) is 7.16. The highest BCUT2D eigenvalue weighted by Crippen LogP contribution is 2.25. The van der Waals surface area contributed by atoms with Gasteiger partial charge in [-0.15, -0.1) is 0 Å². The molecule has 1 aliphatic rings. The van der Waals surface area contributed by atoms with Crippen molar-refractivity contribution in [2.24, 2.45) is 5.92 Å². The first-order valence-corrected chi connectivity index (χ1v) is 7.16. The summed E-state index contributed by atoms with van der Waals surface area (Å²) in [4.78, 5) is 15.9. The van der Waals surface area contributed by atoms with Gasteiger partial charge in [-0.3, -0.25) is 0 Å². The minimum atomic E-state index is -0.978. The average Bonchev–Trinajstić information content (AvgIpc) is 2.43. The molecule has 0 radical (unpaired) electrons. The summed E-state index contributed by atoms with van der Waals surface area (Å²) in [6.07, 6.45) is 3.98. The summed E-state index contributed by atoms with van der Waals surface area (Å²) in [5.41, 5.74) is 2.23. The lowest BCUT2D eigenvalue weighted by Crippen LogP contribution is -2.31. The monoisotopic (exact) mass is 278 g/mol. The molecule has 2 rings (SSSR count). The molecule has 0 amide bonds. The van der Waals surface area contributed by atoms with Gasteiger partial charge in [0.25, 0.3) is 0 Å². The second kappa shape index (κ2) is 6.22. The van der Waals surface area contributed by atoms with Gasteiger partial charge >= 0.3 is 5.97 Å². The smallest absolute Gasteiger partial charge is 0.339 e. The quantitative estimate of drug-likeness (QED) is 0.768. The van der Waals surface area contributed by atoms with E-state index in [2.05, 4.69) is 10.3 Å². The third kappa shape index (κ3) is 3.10. The molecule has 20 heavy (non-hydrogen) atoms. The Labute approximate surface area is 119 Å². The molecule has 5 nitrogen and oxygen atoms in total. The Morgan fingerprint density at radius 2 is 2.10 bits per heavy atom. The number of pyridine rings is 1. The second-order valence-corrected chi connectivity index (χ2v) is 5.68. The molecule has 0 spiro atoms. The van der Waals surface area contributed by atoms with Crippen LogP contribution in [0.4, 0.5) is 5.82 Å². The van der Waals surface area contributed by atoms with Crippen molar-refractivity contribution in [3.05, 3.63) is 22.9 Å². The molecule has 0 saturated carbocycles. The van der Waals surface area contributed by atoms with E-state index in [4.69, 9.17) is 0 Å². The Bertz CT molecular complexity index is 500. The molecule has 0 bridgehead atoms. The highest BCUT2D eigenvalue weighted by molar-refractivity contribution is 5.93. The van der Waals surface area contributed by atoms with Crippen molar-refractivity contribution in [3.8, 4) is 0 Å². The van der Waals surface area contributed by atoms with E-state index < -0.39 is 5.97 Å². The van der Waals surface area contributed by atoms with Gasteiger partial charge in [0.05, 0.1) is 12.6 Å². The van der Waals surface area contributed by atoms with Crippen LogP contribution in [-0.4, -0.2) is 33.8 Å². The molecule has 1 atom stereocenters. The maximum absolute atomic E-state index is 11.4. The first kappa shape index (κ1) is 14.8. The van der Waals surface area contributed by atoms with E-state index in [1.165, 1.54) is 0 Å². The maximum Gasteiger partial charge on any atom is 0.339 e. The molecule has 0 aliphatic heterocycles. The summed E-state index contributed by atoms with van der Waals surface area (Å²) < 4.78 is 0. The summed E-state index contributed by atoms with van der Waals surface area (Å²) in [6.45, 7) is 3.91. The van der Waals surface area contributed by atoms with E-state index >= 15 is 0 Å². The van der Waals surface area contributed by atoms with Crippen molar-refractivity contribution in [1.29, 1.82) is 0 Å². The molecular formula is C15H22N2O3. The summed E-state index contributed by atoms with van der Waals surface area (Å²) in [5, 5.41) is 21.8. The Hall–Kier alpha value is -1.62. The van der Waals surface area contributed by atoms with Crippen LogP contribution in [0.3, 0.4) is 0 Å². The van der Waals surface area contributed by atoms with Crippen LogP contribution < -0.4 is 5.32 Å². The minimum absolute atomic E-state index is 0.0461. The number of carboxylic acid groups (broad SMARTS) is 1. The zero-order chi connectivity index (χ0) is 14.7. The number of anilines is 1. The predicted molar refractivity (Wildman–Crippen MR) is 77.2 cm³/mol. The van der Waals surface area contributed by atoms with Gasteiger partial charge in [0.1, 0.15) is 11.4 Å². The molecule has 0 aromatic carbocycles. The number of aliphatic hydroxyl groups excluding tert-OH is 1. The molecular weight excluding hydrogens is 256 g/mol. The molecule has 110 valence electrons. The number of aryl methyl sites for hydroxylation is 2. The topological polar surface area (TPSA) is 82.5 Å². The van der Waals surface area contributed by atoms with Crippen LogP contribution in [-0.2, 0) is 12.8 Å². The third-order valence-corrected chi connectivity index (χ3v) is 3.85. The van der Waals surface area contributed by atoms with Crippen molar-refractivity contribution < 1.29 is 15.0 Å². The van der Waals surface area contributed by atoms with Gasteiger partial charge in [-0.2, -0.15) is 0 Å². The number of hydrogen-bond donors (Lipinski definition) is 3. The molecule has 0 fully saturated rings. The number of rotatable bonds is 5. The van der Waals surface area contributed by atoms with Crippen LogP contribution in [0, 0.1) is 5.92 Å². The average molecular weight is 278 g/mol. The van der Waals surface area contributed by atoms with Crippen molar-refractivity contribution in [3.63, 3.8) is 0 Å². The van der Waals surface area contributed by atoms with Gasteiger partial charge in [0.2, 0.25) is 0 Å². The van der Waals surface area contributed by atoms with Crippen molar-refractivity contribution in [2.75, 3.05) is 11.9 Å². The predicted octanol–water partition coefficient (Wildman–Crippen LogP) is 2.09. The lowest BCUT2D eigenvalue weighted by atomic mass is 9.94. The fourth-order valence-corrected chi connectivity index (χ4v) is 2.51. The lowest BCUT2D eigenvalue weighted by Gasteiger charge is -2.23. The number of carbonyl (C=O) groups is 1. The van der Waals surface area contributed by atoms with E-state index in [1.54, 1.807) is 6.07 Å². The highest BCUT2D eigenvalue weighted by atomic mass is 16.4. The van der Waals surface area contributed by atoms with Crippen LogP contribution in [0.2, 0.25) is 0 Å². The molecule has 1 aliphatic carbocycles. The fraction of sp³-hybridized carbons (Fsp3) is 0.600. The Morgan fingerprint density at radius 3 is 2.70 bits per heavy atom. The Morgan fingerprint density at radius 1 is 1.40 bits per heavy atom. The number of nitrogens with zero attached hydrogens (tertiary/aromatic N) is 1. The molecule has 0 unspecified atom stereocenters. The standard InChI is InChI=1S/C15H22N2O3/c1-9(2)13(8-18)17-14-11(15(19)20)7-10-5-3-4-6-12(10)16-14/h7,9,13,18H,3-6,8H2,1-2H3,(H,16,17)(H,19,20)/t13-/m1/s1. The van der Waals surface area contributed by atoms with Crippen molar-refractivity contribution >= 4 is 11.8 Å². The molecule has 3 N–H and O–H groups in total. The second-order valence-electron chi connectivity index (χ2n) is 5.68. The zero-order valence-electron chi connectivity index (χ0n) is 12.0. The highest BCUT2D eigenvalue weighted by Gasteiger charge is 2.21. The maximum atomic E-state index is 11.4. The third-order valence-electron chi connectivity index (χ3n) is 3.85. The van der Waals surface area contributed by atoms with Crippen molar-refractivity contribution in [1.82, 2.24) is 4.98 Å². The summed E-state index contributed by atoms with van der Waals surface area (Å²) in [5.74, 6) is -0.404. The van der Waals surface area contributed by atoms with E-state index in [0.717, 1.165) is 36.9 Å². The van der Waals surface area contributed by atoms with Crippen LogP contribution in [0.25, 0.3) is 0 Å². The number of aromatic nitrogens is 1. The summed E-state index contributed by atoms with van der Waals surface area (Å²) >= 11 is 0. The number of carboxylic acids is 1. The first-order chi connectivity index (χ1) is 9.52. The lowest BCUT2D eigenvalue weighted by molar-refractivity contribution is 0.0697. The summed E-state index contributed by atoms with van der Waals surface area (Å²) in [6, 6.07) is 1.54. The largest absolute Gasteiger partial charge is 0.478 e. The number of aromatic carboxylic acids is 1. The molecule has 1 aromatic rings. The molecule has 5 heteroatoms. The van der Waals surface area contributed by atoms with E-state index in [-0.39, 0.29) is 24.1 Å². The van der Waals surface area contributed by atoms with E-state index in [0.29, 0.717) is 5.82 Å². The molecule has 1 heterocycles.